The number of nitrogens with zero attached hydrogens (tertiary/aromatic N) is 1. The number of carbonyl (C=O) groups excluding carboxylic acids is 2. The Morgan fingerprint density at radius 1 is 1.09 bits per heavy atom. The van der Waals surface area contributed by atoms with Gasteiger partial charge in [-0.3, -0.25) is 4.79 Å². The maximum atomic E-state index is 13.3. The first-order valence-corrected chi connectivity index (χ1v) is 12.0. The summed E-state index contributed by atoms with van der Waals surface area (Å²) in [6, 6.07) is 11.0. The average Bonchev–Trinajstić information content (AvgIpc) is 2.84. The van der Waals surface area contributed by atoms with Crippen LogP contribution < -0.4 is 14.8 Å². The van der Waals surface area contributed by atoms with E-state index in [1.165, 1.54) is 24.6 Å². The highest BCUT2D eigenvalue weighted by Crippen LogP contribution is 2.33. The smallest absolute Gasteiger partial charge is 0.338 e. The summed E-state index contributed by atoms with van der Waals surface area (Å²) >= 11 is 0. The van der Waals surface area contributed by atoms with Gasteiger partial charge in [0.15, 0.2) is 0 Å². The predicted molar refractivity (Wildman–Crippen MR) is 122 cm³/mol. The van der Waals surface area contributed by atoms with Crippen molar-refractivity contribution in [2.75, 3.05) is 39.2 Å². The van der Waals surface area contributed by atoms with Crippen molar-refractivity contribution in [1.82, 2.24) is 4.31 Å². The quantitative estimate of drug-likeness (QED) is 0.583. The number of amides is 1. The van der Waals surface area contributed by atoms with Crippen molar-refractivity contribution in [3.63, 3.8) is 0 Å². The Hall–Kier alpha value is -3.11. The molecule has 178 valence electrons. The highest BCUT2D eigenvalue weighted by molar-refractivity contribution is 7.89. The molecule has 2 aromatic carbocycles. The molecule has 1 N–H and O–H groups in total. The number of esters is 1. The number of benzene rings is 2. The van der Waals surface area contributed by atoms with Gasteiger partial charge in [-0.25, -0.2) is 13.2 Å². The van der Waals surface area contributed by atoms with E-state index in [2.05, 4.69) is 5.32 Å². The van der Waals surface area contributed by atoms with E-state index in [-0.39, 0.29) is 29.7 Å². The topological polar surface area (TPSA) is 111 Å². The lowest BCUT2D eigenvalue weighted by Crippen LogP contribution is -2.43. The van der Waals surface area contributed by atoms with Gasteiger partial charge in [0.2, 0.25) is 15.9 Å². The van der Waals surface area contributed by atoms with Crippen LogP contribution in [0.3, 0.4) is 0 Å². The minimum Gasteiger partial charge on any atom is -0.497 e. The van der Waals surface area contributed by atoms with Gasteiger partial charge in [0, 0.05) is 24.8 Å². The van der Waals surface area contributed by atoms with Crippen LogP contribution in [-0.2, 0) is 19.6 Å². The van der Waals surface area contributed by atoms with E-state index in [0.29, 0.717) is 36.4 Å². The summed E-state index contributed by atoms with van der Waals surface area (Å²) in [5.74, 6) is -0.626. The lowest BCUT2D eigenvalue weighted by Gasteiger charge is -2.31. The SMILES string of the molecule is CCOC(=O)c1ccc(NC(=O)[C@@H]2CCCN(S(=O)(=O)c3cc(OC)ccc3OC)C2)cc1. The number of ether oxygens (including phenoxy) is 3. The van der Waals surface area contributed by atoms with Crippen LogP contribution in [0.1, 0.15) is 30.1 Å². The number of hydrogen-bond acceptors (Lipinski definition) is 7. The summed E-state index contributed by atoms with van der Waals surface area (Å²) in [7, 11) is -1.04. The van der Waals surface area contributed by atoms with Crippen molar-refractivity contribution in [3.05, 3.63) is 48.0 Å². The Morgan fingerprint density at radius 3 is 2.45 bits per heavy atom. The summed E-state index contributed by atoms with van der Waals surface area (Å²) in [5.41, 5.74) is 0.902. The Labute approximate surface area is 193 Å². The van der Waals surface area contributed by atoms with Crippen molar-refractivity contribution in [1.29, 1.82) is 0 Å². The molecular formula is C23H28N2O7S. The maximum Gasteiger partial charge on any atom is 0.338 e. The van der Waals surface area contributed by atoms with Crippen LogP contribution in [0.5, 0.6) is 11.5 Å². The molecule has 1 amide bonds. The third-order valence-corrected chi connectivity index (χ3v) is 7.29. The molecule has 0 saturated carbocycles. The van der Waals surface area contributed by atoms with E-state index in [0.717, 1.165) is 0 Å². The number of sulfonamides is 1. The molecule has 0 aromatic heterocycles. The molecule has 1 saturated heterocycles. The number of anilines is 1. The van der Waals surface area contributed by atoms with Gasteiger partial charge in [-0.2, -0.15) is 4.31 Å². The molecule has 3 rings (SSSR count). The van der Waals surface area contributed by atoms with Crippen LogP contribution in [-0.4, -0.2) is 58.5 Å². The van der Waals surface area contributed by atoms with E-state index in [1.54, 1.807) is 43.3 Å². The number of hydrogen-bond donors (Lipinski definition) is 1. The van der Waals surface area contributed by atoms with E-state index in [1.807, 2.05) is 0 Å². The zero-order valence-corrected chi connectivity index (χ0v) is 19.7. The minimum atomic E-state index is -3.90. The largest absolute Gasteiger partial charge is 0.497 e. The lowest BCUT2D eigenvalue weighted by molar-refractivity contribution is -0.120. The molecule has 1 aliphatic heterocycles. The second kappa shape index (κ2) is 10.7. The Kier molecular flexibility index (Phi) is 7.93. The monoisotopic (exact) mass is 476 g/mol. The van der Waals surface area contributed by atoms with Crippen molar-refractivity contribution in [2.45, 2.75) is 24.7 Å². The van der Waals surface area contributed by atoms with E-state index in [9.17, 15) is 18.0 Å². The van der Waals surface area contributed by atoms with Crippen molar-refractivity contribution < 1.29 is 32.2 Å². The Morgan fingerprint density at radius 2 is 1.82 bits per heavy atom. The number of nitrogens with one attached hydrogen (secondary N) is 1. The number of carbonyl (C=O) groups is 2. The Balaban J connectivity index is 1.72. The van der Waals surface area contributed by atoms with E-state index >= 15 is 0 Å². The van der Waals surface area contributed by atoms with E-state index in [4.69, 9.17) is 14.2 Å². The third-order valence-electron chi connectivity index (χ3n) is 5.41. The number of piperidine rings is 1. The first-order valence-electron chi connectivity index (χ1n) is 10.6. The van der Waals surface area contributed by atoms with Crippen LogP contribution >= 0.6 is 0 Å². The average molecular weight is 477 g/mol. The molecule has 0 bridgehead atoms. The fourth-order valence-corrected chi connectivity index (χ4v) is 5.34. The second-order valence-corrected chi connectivity index (χ2v) is 9.41. The van der Waals surface area contributed by atoms with Crippen molar-refractivity contribution in [2.24, 2.45) is 5.92 Å². The molecule has 1 heterocycles. The summed E-state index contributed by atoms with van der Waals surface area (Å²) in [6.07, 6.45) is 1.11. The summed E-state index contributed by atoms with van der Waals surface area (Å²) in [5, 5.41) is 2.81. The fraction of sp³-hybridized carbons (Fsp3) is 0.391. The highest BCUT2D eigenvalue weighted by Gasteiger charge is 2.35. The molecule has 0 spiro atoms. The second-order valence-electron chi connectivity index (χ2n) is 7.51. The van der Waals surface area contributed by atoms with Gasteiger partial charge in [-0.15, -0.1) is 0 Å². The summed E-state index contributed by atoms with van der Waals surface area (Å²) in [4.78, 5) is 24.6. The van der Waals surface area contributed by atoms with Crippen LogP contribution in [0.25, 0.3) is 0 Å². The van der Waals surface area contributed by atoms with Gasteiger partial charge in [0.05, 0.1) is 32.3 Å². The van der Waals surface area contributed by atoms with Crippen LogP contribution in [0, 0.1) is 5.92 Å². The van der Waals surface area contributed by atoms with Gasteiger partial charge < -0.3 is 19.5 Å². The van der Waals surface area contributed by atoms with Gasteiger partial charge in [-0.05, 0) is 56.2 Å². The fourth-order valence-electron chi connectivity index (χ4n) is 3.65. The zero-order chi connectivity index (χ0) is 24.0. The standard InChI is InChI=1S/C23H28N2O7S/c1-4-32-23(27)16-7-9-18(10-8-16)24-22(26)17-6-5-13-25(15-17)33(28,29)21-14-19(30-2)11-12-20(21)31-3/h7-12,14,17H,4-6,13,15H2,1-3H3,(H,24,26)/t17-/m1/s1. The molecule has 1 aliphatic rings. The van der Waals surface area contributed by atoms with Gasteiger partial charge in [0.1, 0.15) is 16.4 Å². The normalized spacial score (nSPS) is 16.6. The molecule has 10 heteroatoms. The van der Waals surface area contributed by atoms with Crippen molar-refractivity contribution in [3.8, 4) is 11.5 Å². The Bertz CT molecular complexity index is 1100. The molecular weight excluding hydrogens is 448 g/mol. The van der Waals surface area contributed by atoms with Crippen molar-refractivity contribution >= 4 is 27.6 Å². The minimum absolute atomic E-state index is 0.0000349. The van der Waals surface area contributed by atoms with Crippen LogP contribution in [0.4, 0.5) is 5.69 Å². The van der Waals surface area contributed by atoms with E-state index < -0.39 is 21.9 Å². The zero-order valence-electron chi connectivity index (χ0n) is 18.9. The number of methoxy groups -OCH3 is 2. The van der Waals surface area contributed by atoms with Gasteiger partial charge in [0.25, 0.3) is 0 Å². The summed E-state index contributed by atoms with van der Waals surface area (Å²) in [6.45, 7) is 2.36. The molecule has 1 fully saturated rings. The molecule has 2 aromatic rings. The molecule has 0 radical (unpaired) electrons. The number of rotatable bonds is 8. The molecule has 0 unspecified atom stereocenters. The molecule has 0 aliphatic carbocycles. The maximum absolute atomic E-state index is 13.3. The predicted octanol–water partition coefficient (Wildman–Crippen LogP) is 2.92. The lowest BCUT2D eigenvalue weighted by atomic mass is 9.98. The molecule has 9 nitrogen and oxygen atoms in total. The molecule has 1 atom stereocenters. The molecule has 33 heavy (non-hydrogen) atoms. The van der Waals surface area contributed by atoms with Gasteiger partial charge >= 0.3 is 5.97 Å². The first kappa shape index (κ1) is 24.5. The third kappa shape index (κ3) is 5.63. The summed E-state index contributed by atoms with van der Waals surface area (Å²) < 4.78 is 43.3. The highest BCUT2D eigenvalue weighted by atomic mass is 32.2. The van der Waals surface area contributed by atoms with Crippen LogP contribution in [0.15, 0.2) is 47.4 Å². The first-order chi connectivity index (χ1) is 15.8. The van der Waals surface area contributed by atoms with Crippen LogP contribution in [0.2, 0.25) is 0 Å². The van der Waals surface area contributed by atoms with Gasteiger partial charge in [-0.1, -0.05) is 0 Å².